The van der Waals surface area contributed by atoms with Crippen molar-refractivity contribution in [1.29, 1.82) is 0 Å². The maximum Gasteiger partial charge on any atom is 0.334 e. The summed E-state index contributed by atoms with van der Waals surface area (Å²) in [5.74, 6) is -0.218. The van der Waals surface area contributed by atoms with Gasteiger partial charge in [-0.1, -0.05) is 6.42 Å². The molecule has 23 heavy (non-hydrogen) atoms. The number of fused-ring (bicyclic) bond motifs is 1. The van der Waals surface area contributed by atoms with Crippen LogP contribution in [0.25, 0.3) is 0 Å². The van der Waals surface area contributed by atoms with E-state index in [1.807, 2.05) is 0 Å². The Morgan fingerprint density at radius 3 is 2.39 bits per heavy atom. The van der Waals surface area contributed by atoms with Crippen LogP contribution in [0.1, 0.15) is 39.5 Å². The van der Waals surface area contributed by atoms with Crippen molar-refractivity contribution < 1.29 is 23.9 Å². The van der Waals surface area contributed by atoms with E-state index < -0.39 is 6.03 Å². The summed E-state index contributed by atoms with van der Waals surface area (Å²) in [6.45, 7) is 2.71. The van der Waals surface area contributed by atoms with Gasteiger partial charge in [-0.15, -0.1) is 0 Å². The molecule has 0 aromatic rings. The summed E-state index contributed by atoms with van der Waals surface area (Å²) in [6.07, 6.45) is 2.70. The maximum absolute atomic E-state index is 12.3. The molecule has 2 fully saturated rings. The van der Waals surface area contributed by atoms with E-state index in [0.29, 0.717) is 18.6 Å². The monoisotopic (exact) mass is 342 g/mol. The number of thioether (sulfide) groups is 1. The van der Waals surface area contributed by atoms with E-state index in [1.54, 1.807) is 11.8 Å². The predicted molar refractivity (Wildman–Crippen MR) is 84.7 cm³/mol. The van der Waals surface area contributed by atoms with Crippen LogP contribution in [0, 0.1) is 0 Å². The minimum absolute atomic E-state index is 0.106. The van der Waals surface area contributed by atoms with Crippen LogP contribution in [-0.4, -0.2) is 63.8 Å². The van der Waals surface area contributed by atoms with Gasteiger partial charge in [0, 0.05) is 31.3 Å². The average Bonchev–Trinajstić information content (AvgIpc) is 2.99. The topological polar surface area (TPSA) is 84.0 Å². The van der Waals surface area contributed by atoms with Crippen LogP contribution in [0.2, 0.25) is 0 Å². The van der Waals surface area contributed by atoms with E-state index in [4.69, 9.17) is 0 Å². The van der Waals surface area contributed by atoms with E-state index in [9.17, 15) is 19.2 Å². The Hall–Kier alpha value is -1.57. The third kappa shape index (κ3) is 3.52. The molecule has 0 aromatic carbocycles. The Balaban J connectivity index is 2.02. The number of methoxy groups -OCH3 is 1. The van der Waals surface area contributed by atoms with Crippen LogP contribution >= 0.6 is 11.8 Å². The zero-order valence-corrected chi connectivity index (χ0v) is 14.4. The number of rotatable bonds is 5. The van der Waals surface area contributed by atoms with Crippen molar-refractivity contribution in [3.05, 3.63) is 0 Å². The van der Waals surface area contributed by atoms with Crippen molar-refractivity contribution in [2.24, 2.45) is 0 Å². The summed E-state index contributed by atoms with van der Waals surface area (Å²) in [5, 5.41) is 0.106. The van der Waals surface area contributed by atoms with Gasteiger partial charge in [0.2, 0.25) is 11.8 Å². The van der Waals surface area contributed by atoms with Crippen molar-refractivity contribution in [1.82, 2.24) is 9.80 Å². The highest BCUT2D eigenvalue weighted by atomic mass is 32.2. The number of nitrogens with zero attached hydrogens (tertiary/aromatic N) is 2. The van der Waals surface area contributed by atoms with Gasteiger partial charge in [0.25, 0.3) is 0 Å². The molecule has 2 saturated heterocycles. The molecule has 0 aromatic heterocycles. The molecule has 0 aliphatic carbocycles. The Kier molecular flexibility index (Phi) is 5.67. The van der Waals surface area contributed by atoms with Crippen LogP contribution < -0.4 is 0 Å². The van der Waals surface area contributed by atoms with Gasteiger partial charge in [-0.25, -0.2) is 4.79 Å². The summed E-state index contributed by atoms with van der Waals surface area (Å²) in [6, 6.07) is -0.994. The molecule has 2 aliphatic heterocycles. The van der Waals surface area contributed by atoms with Gasteiger partial charge in [-0.2, -0.15) is 11.8 Å². The van der Waals surface area contributed by atoms with E-state index in [-0.39, 0.29) is 35.1 Å². The SMILES string of the molecule is COC(=O)CCCCC1SCC2C1N(C(C)=O)C(=O)N2C(C)=O. The summed E-state index contributed by atoms with van der Waals surface area (Å²) in [4.78, 5) is 49.5. The molecule has 4 amide bonds. The molecule has 3 unspecified atom stereocenters. The van der Waals surface area contributed by atoms with E-state index >= 15 is 0 Å². The maximum atomic E-state index is 12.3. The van der Waals surface area contributed by atoms with Crippen molar-refractivity contribution >= 4 is 35.6 Å². The number of imide groups is 2. The van der Waals surface area contributed by atoms with Crippen LogP contribution in [-0.2, 0) is 19.1 Å². The normalized spacial score (nSPS) is 26.4. The molecule has 0 saturated carbocycles. The molecule has 0 bridgehead atoms. The first-order valence-electron chi connectivity index (χ1n) is 7.70. The summed E-state index contributed by atoms with van der Waals surface area (Å²) < 4.78 is 4.61. The molecule has 0 spiro atoms. The fourth-order valence-electron chi connectivity index (χ4n) is 3.30. The van der Waals surface area contributed by atoms with Crippen LogP contribution in [0.5, 0.6) is 0 Å². The van der Waals surface area contributed by atoms with E-state index in [1.165, 1.54) is 30.8 Å². The molecule has 7 nitrogen and oxygen atoms in total. The zero-order valence-electron chi connectivity index (χ0n) is 13.6. The quantitative estimate of drug-likeness (QED) is 0.427. The minimum Gasteiger partial charge on any atom is -0.469 e. The molecular weight excluding hydrogens is 320 g/mol. The standard InChI is InChI=1S/C15H22N2O5S/c1-9(18)16-11-8-23-12(6-4-5-7-13(20)22-3)14(11)17(10(2)19)15(16)21/h11-12,14H,4-8H2,1-3H3. The Morgan fingerprint density at radius 2 is 1.83 bits per heavy atom. The van der Waals surface area contributed by atoms with Crippen LogP contribution in [0.3, 0.4) is 0 Å². The molecule has 3 atom stereocenters. The first-order chi connectivity index (χ1) is 10.9. The smallest absolute Gasteiger partial charge is 0.334 e. The third-order valence-electron chi connectivity index (χ3n) is 4.32. The molecular formula is C15H22N2O5S. The van der Waals surface area contributed by atoms with Crippen LogP contribution in [0.15, 0.2) is 0 Å². The van der Waals surface area contributed by atoms with Gasteiger partial charge >= 0.3 is 12.0 Å². The third-order valence-corrected chi connectivity index (χ3v) is 5.80. The highest BCUT2D eigenvalue weighted by Gasteiger charge is 2.55. The van der Waals surface area contributed by atoms with Crippen LogP contribution in [0.4, 0.5) is 4.79 Å². The largest absolute Gasteiger partial charge is 0.469 e. The van der Waals surface area contributed by atoms with E-state index in [2.05, 4.69) is 4.74 Å². The molecule has 2 heterocycles. The number of unbranched alkanes of at least 4 members (excludes halogenated alkanes) is 1. The number of carbonyl (C=O) groups is 4. The highest BCUT2D eigenvalue weighted by molar-refractivity contribution is 8.00. The van der Waals surface area contributed by atoms with Gasteiger partial charge in [0.05, 0.1) is 19.2 Å². The van der Waals surface area contributed by atoms with Crippen molar-refractivity contribution in [3.63, 3.8) is 0 Å². The Morgan fingerprint density at radius 1 is 1.17 bits per heavy atom. The summed E-state index contributed by atoms with van der Waals surface area (Å²) >= 11 is 1.69. The fraction of sp³-hybridized carbons (Fsp3) is 0.733. The second-order valence-electron chi connectivity index (χ2n) is 5.81. The van der Waals surface area contributed by atoms with Gasteiger partial charge in [0.1, 0.15) is 0 Å². The number of amides is 4. The zero-order chi connectivity index (χ0) is 17.1. The lowest BCUT2D eigenvalue weighted by atomic mass is 10.0. The highest BCUT2D eigenvalue weighted by Crippen LogP contribution is 2.41. The molecule has 128 valence electrons. The number of hydrogen-bond donors (Lipinski definition) is 0. The van der Waals surface area contributed by atoms with Gasteiger partial charge in [-0.05, 0) is 12.8 Å². The number of urea groups is 1. The molecule has 0 radical (unpaired) electrons. The molecule has 8 heteroatoms. The minimum atomic E-state index is -0.500. The number of esters is 1. The molecule has 2 rings (SSSR count). The van der Waals surface area contributed by atoms with Gasteiger partial charge < -0.3 is 4.74 Å². The number of carbonyl (C=O) groups excluding carboxylic acids is 4. The molecule has 2 aliphatic rings. The predicted octanol–water partition coefficient (Wildman–Crippen LogP) is 1.40. The Bertz CT molecular complexity index is 524. The molecule has 0 N–H and O–H groups in total. The summed E-state index contributed by atoms with van der Waals surface area (Å²) in [5.41, 5.74) is 0. The van der Waals surface area contributed by atoms with E-state index in [0.717, 1.165) is 12.8 Å². The number of ether oxygens (including phenoxy) is 1. The van der Waals surface area contributed by atoms with Crippen molar-refractivity contribution in [3.8, 4) is 0 Å². The summed E-state index contributed by atoms with van der Waals surface area (Å²) in [7, 11) is 1.37. The second-order valence-corrected chi connectivity index (χ2v) is 7.08. The fourth-order valence-corrected chi connectivity index (χ4v) is 4.93. The first kappa shape index (κ1) is 17.8. The van der Waals surface area contributed by atoms with Gasteiger partial charge in [-0.3, -0.25) is 24.2 Å². The van der Waals surface area contributed by atoms with Gasteiger partial charge in [0.15, 0.2) is 0 Å². The van der Waals surface area contributed by atoms with Crippen molar-refractivity contribution in [2.75, 3.05) is 12.9 Å². The number of hydrogen-bond acceptors (Lipinski definition) is 6. The lowest BCUT2D eigenvalue weighted by Crippen LogP contribution is -2.43. The lowest BCUT2D eigenvalue weighted by molar-refractivity contribution is -0.140. The Labute approximate surface area is 139 Å². The lowest BCUT2D eigenvalue weighted by Gasteiger charge is -2.24. The first-order valence-corrected chi connectivity index (χ1v) is 8.75. The average molecular weight is 342 g/mol. The second kappa shape index (κ2) is 7.33. The van der Waals surface area contributed by atoms with Crippen molar-refractivity contribution in [2.45, 2.75) is 56.9 Å².